The van der Waals surface area contributed by atoms with E-state index in [9.17, 15) is 14.0 Å². The fraction of sp³-hybridized carbons (Fsp3) is 0.304. The Labute approximate surface area is 200 Å². The van der Waals surface area contributed by atoms with Crippen molar-refractivity contribution in [2.75, 3.05) is 43.1 Å². The first-order valence-corrected chi connectivity index (χ1v) is 11.8. The van der Waals surface area contributed by atoms with Gasteiger partial charge in [-0.1, -0.05) is 12.1 Å². The second-order valence-electron chi connectivity index (χ2n) is 7.56. The topological polar surface area (TPSA) is 108 Å². The van der Waals surface area contributed by atoms with Crippen molar-refractivity contribution in [2.24, 2.45) is 0 Å². The number of halogens is 1. The molecule has 4 rings (SSSR count). The second-order valence-corrected chi connectivity index (χ2v) is 8.42. The maximum atomic E-state index is 13.2. The molecule has 1 aliphatic heterocycles. The molecule has 1 aliphatic rings. The highest BCUT2D eigenvalue weighted by Gasteiger charge is 2.19. The molecule has 2 aromatic heterocycles. The van der Waals surface area contributed by atoms with Crippen molar-refractivity contribution >= 4 is 34.2 Å². The van der Waals surface area contributed by atoms with Gasteiger partial charge in [-0.05, 0) is 29.8 Å². The van der Waals surface area contributed by atoms with Gasteiger partial charge in [0.1, 0.15) is 11.6 Å². The van der Waals surface area contributed by atoms with Crippen LogP contribution in [-0.4, -0.2) is 54.8 Å². The Kier molecular flexibility index (Phi) is 7.99. The van der Waals surface area contributed by atoms with Gasteiger partial charge in [0.2, 0.25) is 0 Å². The molecule has 0 atom stereocenters. The first-order chi connectivity index (χ1) is 16.6. The van der Waals surface area contributed by atoms with Gasteiger partial charge < -0.3 is 20.3 Å². The molecule has 9 nitrogen and oxygen atoms in total. The Morgan fingerprint density at radius 2 is 2.00 bits per heavy atom. The Bertz CT molecular complexity index is 1140. The third-order valence-corrected chi connectivity index (χ3v) is 5.93. The summed E-state index contributed by atoms with van der Waals surface area (Å²) in [5, 5.41) is 10.5. The van der Waals surface area contributed by atoms with Crippen molar-refractivity contribution in [3.05, 3.63) is 70.6 Å². The molecular weight excluding hydrogens is 459 g/mol. The van der Waals surface area contributed by atoms with E-state index in [-0.39, 0.29) is 18.3 Å². The van der Waals surface area contributed by atoms with Crippen LogP contribution in [0.3, 0.4) is 0 Å². The normalized spacial score (nSPS) is 13.4. The predicted octanol–water partition coefficient (Wildman–Crippen LogP) is 2.81. The van der Waals surface area contributed by atoms with E-state index < -0.39 is 6.03 Å². The lowest BCUT2D eigenvalue weighted by atomic mass is 10.2. The Morgan fingerprint density at radius 3 is 2.82 bits per heavy atom. The standard InChI is InChI=1S/C23H25FN6O3S/c24-17-4-1-3-16(13-17)14-27-22(32)29-23-28-18(15-34-23)6-8-26-21(31)19-5-2-7-25-20(19)30-9-11-33-12-10-30/h1-5,7,13,15H,6,8-12,14H2,(H,26,31)(H2,27,28,29,32). The number of benzene rings is 1. The molecular formula is C23H25FN6O3S. The van der Waals surface area contributed by atoms with Crippen molar-refractivity contribution in [1.82, 2.24) is 20.6 Å². The number of pyridine rings is 1. The van der Waals surface area contributed by atoms with Gasteiger partial charge in [-0.25, -0.2) is 19.2 Å². The third kappa shape index (κ3) is 6.49. The largest absolute Gasteiger partial charge is 0.378 e. The van der Waals surface area contributed by atoms with Crippen LogP contribution in [0.4, 0.5) is 20.1 Å². The minimum atomic E-state index is -0.425. The second kappa shape index (κ2) is 11.5. The van der Waals surface area contributed by atoms with E-state index in [2.05, 4.69) is 30.8 Å². The quantitative estimate of drug-likeness (QED) is 0.454. The number of anilines is 2. The van der Waals surface area contributed by atoms with Gasteiger partial charge >= 0.3 is 6.03 Å². The molecule has 0 radical (unpaired) electrons. The van der Waals surface area contributed by atoms with Crippen LogP contribution in [0.5, 0.6) is 0 Å². The highest BCUT2D eigenvalue weighted by Crippen LogP contribution is 2.19. The summed E-state index contributed by atoms with van der Waals surface area (Å²) in [6, 6.07) is 9.12. The smallest absolute Gasteiger partial charge is 0.321 e. The first-order valence-electron chi connectivity index (χ1n) is 10.9. The number of morpholine rings is 1. The molecule has 34 heavy (non-hydrogen) atoms. The van der Waals surface area contributed by atoms with Gasteiger partial charge in [0.25, 0.3) is 5.91 Å². The zero-order chi connectivity index (χ0) is 23.8. The SMILES string of the molecule is O=C(NCc1cccc(F)c1)Nc1nc(CCNC(=O)c2cccnc2N2CCOCC2)cs1. The van der Waals surface area contributed by atoms with Crippen LogP contribution < -0.4 is 20.9 Å². The van der Waals surface area contributed by atoms with Crippen molar-refractivity contribution in [3.8, 4) is 0 Å². The van der Waals surface area contributed by atoms with Gasteiger partial charge in [-0.3, -0.25) is 10.1 Å². The van der Waals surface area contributed by atoms with Crippen LogP contribution in [0, 0.1) is 5.82 Å². The number of hydrogen-bond donors (Lipinski definition) is 3. The molecule has 3 amide bonds. The number of nitrogens with one attached hydrogen (secondary N) is 3. The minimum Gasteiger partial charge on any atom is -0.378 e. The molecule has 3 N–H and O–H groups in total. The molecule has 3 aromatic rings. The maximum absolute atomic E-state index is 13.2. The molecule has 11 heteroatoms. The molecule has 0 spiro atoms. The average Bonchev–Trinajstić information content (AvgIpc) is 3.30. The molecule has 178 valence electrons. The van der Waals surface area contributed by atoms with Gasteiger partial charge in [-0.15, -0.1) is 11.3 Å². The van der Waals surface area contributed by atoms with Crippen LogP contribution in [-0.2, 0) is 17.7 Å². The van der Waals surface area contributed by atoms with Crippen LogP contribution in [0.2, 0.25) is 0 Å². The average molecular weight is 485 g/mol. The Hall–Kier alpha value is -3.57. The van der Waals surface area contributed by atoms with Crippen LogP contribution in [0.25, 0.3) is 0 Å². The fourth-order valence-corrected chi connectivity index (χ4v) is 4.19. The maximum Gasteiger partial charge on any atom is 0.321 e. The predicted molar refractivity (Wildman–Crippen MR) is 128 cm³/mol. The van der Waals surface area contributed by atoms with Gasteiger partial charge in [0, 0.05) is 44.2 Å². The number of nitrogens with zero attached hydrogens (tertiary/aromatic N) is 3. The van der Waals surface area contributed by atoms with Crippen LogP contribution in [0.15, 0.2) is 48.0 Å². The number of carbonyl (C=O) groups is 2. The van der Waals surface area contributed by atoms with E-state index in [1.807, 2.05) is 5.38 Å². The van der Waals surface area contributed by atoms with Crippen LogP contribution >= 0.6 is 11.3 Å². The summed E-state index contributed by atoms with van der Waals surface area (Å²) in [4.78, 5) is 35.6. The zero-order valence-corrected chi connectivity index (χ0v) is 19.2. The van der Waals surface area contributed by atoms with Crippen molar-refractivity contribution in [3.63, 3.8) is 0 Å². The molecule has 1 saturated heterocycles. The molecule has 3 heterocycles. The summed E-state index contributed by atoms with van der Waals surface area (Å²) in [6.45, 7) is 3.21. The summed E-state index contributed by atoms with van der Waals surface area (Å²) >= 11 is 1.29. The molecule has 0 saturated carbocycles. The lowest BCUT2D eigenvalue weighted by Crippen LogP contribution is -2.38. The van der Waals surface area contributed by atoms with Gasteiger partial charge in [0.05, 0.1) is 24.5 Å². The monoisotopic (exact) mass is 484 g/mol. The number of hydrogen-bond acceptors (Lipinski definition) is 7. The summed E-state index contributed by atoms with van der Waals surface area (Å²) < 4.78 is 18.6. The van der Waals surface area contributed by atoms with Crippen molar-refractivity contribution in [1.29, 1.82) is 0 Å². The first kappa shape index (κ1) is 23.6. The van der Waals surface area contributed by atoms with E-state index >= 15 is 0 Å². The highest BCUT2D eigenvalue weighted by atomic mass is 32.1. The summed E-state index contributed by atoms with van der Waals surface area (Å²) in [7, 11) is 0. The van der Waals surface area contributed by atoms with Crippen LogP contribution in [0.1, 0.15) is 21.6 Å². The van der Waals surface area contributed by atoms with Gasteiger partial charge in [-0.2, -0.15) is 0 Å². The zero-order valence-electron chi connectivity index (χ0n) is 18.4. The summed E-state index contributed by atoms with van der Waals surface area (Å²) in [6.07, 6.45) is 2.20. The summed E-state index contributed by atoms with van der Waals surface area (Å²) in [5.41, 5.74) is 1.95. The lowest BCUT2D eigenvalue weighted by molar-refractivity contribution is 0.0952. The highest BCUT2D eigenvalue weighted by molar-refractivity contribution is 7.13. The van der Waals surface area contributed by atoms with E-state index in [0.717, 1.165) is 5.69 Å². The van der Waals surface area contributed by atoms with E-state index in [0.29, 0.717) is 61.3 Å². The number of thiazole rings is 1. The fourth-order valence-electron chi connectivity index (χ4n) is 3.45. The number of aromatic nitrogens is 2. The Balaban J connectivity index is 1.23. The molecule has 0 aliphatic carbocycles. The lowest BCUT2D eigenvalue weighted by Gasteiger charge is -2.29. The van der Waals surface area contributed by atoms with Crippen molar-refractivity contribution in [2.45, 2.75) is 13.0 Å². The number of amides is 3. The van der Waals surface area contributed by atoms with E-state index in [4.69, 9.17) is 4.74 Å². The van der Waals surface area contributed by atoms with Crippen molar-refractivity contribution < 1.29 is 18.7 Å². The number of ether oxygens (including phenoxy) is 1. The molecule has 1 aromatic carbocycles. The third-order valence-electron chi connectivity index (χ3n) is 5.12. The molecule has 0 bridgehead atoms. The molecule has 1 fully saturated rings. The Morgan fingerprint density at radius 1 is 1.15 bits per heavy atom. The number of rotatable bonds is 8. The van der Waals surface area contributed by atoms with E-state index in [1.165, 1.54) is 23.5 Å². The number of carbonyl (C=O) groups excluding carboxylic acids is 2. The number of urea groups is 1. The van der Waals surface area contributed by atoms with E-state index in [1.54, 1.807) is 30.5 Å². The van der Waals surface area contributed by atoms with Gasteiger partial charge in [0.15, 0.2) is 5.13 Å². The molecule has 0 unspecified atom stereocenters. The minimum absolute atomic E-state index is 0.195. The summed E-state index contributed by atoms with van der Waals surface area (Å²) in [5.74, 6) is 0.116.